The molecule has 0 radical (unpaired) electrons. The first-order valence-electron chi connectivity index (χ1n) is 10.3. The van der Waals surface area contributed by atoms with Gasteiger partial charge in [-0.15, -0.1) is 13.2 Å². The topological polar surface area (TPSA) is 78.6 Å². The van der Waals surface area contributed by atoms with Gasteiger partial charge in [0.15, 0.2) is 0 Å². The van der Waals surface area contributed by atoms with Crippen LogP contribution in [0.25, 0.3) is 5.69 Å². The van der Waals surface area contributed by atoms with Gasteiger partial charge in [-0.05, 0) is 56.2 Å². The van der Waals surface area contributed by atoms with E-state index in [4.69, 9.17) is 4.74 Å². The molecule has 0 aliphatic rings. The van der Waals surface area contributed by atoms with Crippen molar-refractivity contribution < 1.29 is 27.4 Å². The molecule has 0 saturated heterocycles. The summed E-state index contributed by atoms with van der Waals surface area (Å²) < 4.78 is 48.6. The SMILES string of the molecule is CN(Cc1ccc(-n2cnn(Cc3ccc(OC(F)(F)F)cc3)c2=O)cc1)C(=O)OC(C)(C)C. The predicted octanol–water partition coefficient (Wildman–Crippen LogP) is 4.35. The van der Waals surface area contributed by atoms with Crippen molar-refractivity contribution in [2.75, 3.05) is 7.05 Å². The van der Waals surface area contributed by atoms with E-state index in [0.29, 0.717) is 17.8 Å². The molecule has 3 rings (SSSR count). The maximum Gasteiger partial charge on any atom is 0.573 e. The van der Waals surface area contributed by atoms with Crippen LogP contribution in [0.1, 0.15) is 31.9 Å². The molecule has 0 saturated carbocycles. The Morgan fingerprint density at radius 2 is 1.59 bits per heavy atom. The second-order valence-electron chi connectivity index (χ2n) is 8.64. The van der Waals surface area contributed by atoms with E-state index in [1.54, 1.807) is 52.1 Å². The Bertz CT molecular complexity index is 1180. The highest BCUT2D eigenvalue weighted by Crippen LogP contribution is 2.23. The molecular weight excluding hydrogens is 453 g/mol. The van der Waals surface area contributed by atoms with E-state index >= 15 is 0 Å². The number of benzene rings is 2. The number of alkyl halides is 3. The zero-order valence-electron chi connectivity index (χ0n) is 19.2. The Balaban J connectivity index is 1.66. The van der Waals surface area contributed by atoms with Gasteiger partial charge in [0.1, 0.15) is 17.7 Å². The van der Waals surface area contributed by atoms with Crippen molar-refractivity contribution in [3.63, 3.8) is 0 Å². The molecule has 182 valence electrons. The van der Waals surface area contributed by atoms with Crippen LogP contribution in [0.2, 0.25) is 0 Å². The second-order valence-corrected chi connectivity index (χ2v) is 8.64. The number of hydrogen-bond acceptors (Lipinski definition) is 5. The van der Waals surface area contributed by atoms with Gasteiger partial charge < -0.3 is 14.4 Å². The quantitative estimate of drug-likeness (QED) is 0.527. The summed E-state index contributed by atoms with van der Waals surface area (Å²) in [6, 6.07) is 12.3. The fourth-order valence-corrected chi connectivity index (χ4v) is 3.03. The molecule has 1 aromatic heterocycles. The molecular formula is C23H25F3N4O4. The van der Waals surface area contributed by atoms with E-state index in [0.717, 1.165) is 5.56 Å². The number of nitrogens with zero attached hydrogens (tertiary/aromatic N) is 4. The molecule has 0 N–H and O–H groups in total. The van der Waals surface area contributed by atoms with Crippen LogP contribution >= 0.6 is 0 Å². The average molecular weight is 478 g/mol. The van der Waals surface area contributed by atoms with Gasteiger partial charge in [0.25, 0.3) is 0 Å². The van der Waals surface area contributed by atoms with Gasteiger partial charge in [0, 0.05) is 13.6 Å². The highest BCUT2D eigenvalue weighted by molar-refractivity contribution is 5.67. The van der Waals surface area contributed by atoms with Gasteiger partial charge >= 0.3 is 18.1 Å². The highest BCUT2D eigenvalue weighted by Gasteiger charge is 2.31. The lowest BCUT2D eigenvalue weighted by Gasteiger charge is -2.24. The predicted molar refractivity (Wildman–Crippen MR) is 118 cm³/mol. The first-order valence-corrected chi connectivity index (χ1v) is 10.3. The Hall–Kier alpha value is -3.76. The highest BCUT2D eigenvalue weighted by atomic mass is 19.4. The van der Waals surface area contributed by atoms with Crippen molar-refractivity contribution >= 4 is 6.09 Å². The normalized spacial score (nSPS) is 11.9. The largest absolute Gasteiger partial charge is 0.573 e. The van der Waals surface area contributed by atoms with Crippen molar-refractivity contribution in [1.29, 1.82) is 0 Å². The van der Waals surface area contributed by atoms with E-state index < -0.39 is 23.7 Å². The first kappa shape index (κ1) is 24.9. The third kappa shape index (κ3) is 6.87. The second kappa shape index (κ2) is 9.62. The molecule has 0 spiro atoms. The summed E-state index contributed by atoms with van der Waals surface area (Å²) in [6.07, 6.45) is -3.84. The molecule has 8 nitrogen and oxygen atoms in total. The summed E-state index contributed by atoms with van der Waals surface area (Å²) in [7, 11) is 1.64. The van der Waals surface area contributed by atoms with Gasteiger partial charge in [-0.2, -0.15) is 5.10 Å². The van der Waals surface area contributed by atoms with Crippen LogP contribution in [0.3, 0.4) is 0 Å². The minimum atomic E-state index is -4.77. The molecule has 0 unspecified atom stereocenters. The van der Waals surface area contributed by atoms with Crippen LogP contribution in [0.15, 0.2) is 59.7 Å². The van der Waals surface area contributed by atoms with Gasteiger partial charge in [-0.25, -0.2) is 18.8 Å². The molecule has 0 aliphatic carbocycles. The van der Waals surface area contributed by atoms with Crippen LogP contribution < -0.4 is 10.4 Å². The Labute approximate surface area is 194 Å². The number of amides is 1. The Morgan fingerprint density at radius 1 is 1.00 bits per heavy atom. The molecule has 1 amide bonds. The fraction of sp³-hybridized carbons (Fsp3) is 0.348. The molecule has 0 aliphatic heterocycles. The van der Waals surface area contributed by atoms with Crippen molar-refractivity contribution in [3.05, 3.63) is 76.5 Å². The third-order valence-electron chi connectivity index (χ3n) is 4.56. The third-order valence-corrected chi connectivity index (χ3v) is 4.56. The summed E-state index contributed by atoms with van der Waals surface area (Å²) >= 11 is 0. The number of ether oxygens (including phenoxy) is 2. The first-order chi connectivity index (χ1) is 15.8. The summed E-state index contributed by atoms with van der Waals surface area (Å²) in [5, 5.41) is 4.08. The van der Waals surface area contributed by atoms with Crippen molar-refractivity contribution in [1.82, 2.24) is 19.2 Å². The molecule has 1 heterocycles. The van der Waals surface area contributed by atoms with Crippen LogP contribution in [0, 0.1) is 0 Å². The van der Waals surface area contributed by atoms with Gasteiger partial charge in [0.2, 0.25) is 0 Å². The van der Waals surface area contributed by atoms with E-state index in [9.17, 15) is 22.8 Å². The van der Waals surface area contributed by atoms with Crippen LogP contribution in [-0.2, 0) is 17.8 Å². The van der Waals surface area contributed by atoms with E-state index in [1.165, 1.54) is 44.7 Å². The minimum Gasteiger partial charge on any atom is -0.444 e. The monoisotopic (exact) mass is 478 g/mol. The Morgan fingerprint density at radius 3 is 2.15 bits per heavy atom. The lowest BCUT2D eigenvalue weighted by molar-refractivity contribution is -0.274. The number of carbonyl (C=O) groups excluding carboxylic acids is 1. The van der Waals surface area contributed by atoms with Crippen molar-refractivity contribution in [3.8, 4) is 11.4 Å². The average Bonchev–Trinajstić information content (AvgIpc) is 3.08. The van der Waals surface area contributed by atoms with Crippen LogP contribution in [0.5, 0.6) is 5.75 Å². The summed E-state index contributed by atoms with van der Waals surface area (Å²) in [4.78, 5) is 26.3. The number of halogens is 3. The molecule has 34 heavy (non-hydrogen) atoms. The number of carbonyl (C=O) groups is 1. The minimum absolute atomic E-state index is 0.0803. The van der Waals surface area contributed by atoms with Crippen LogP contribution in [-0.4, -0.2) is 44.4 Å². The van der Waals surface area contributed by atoms with E-state index in [-0.39, 0.29) is 12.3 Å². The van der Waals surface area contributed by atoms with Crippen molar-refractivity contribution in [2.24, 2.45) is 0 Å². The summed E-state index contributed by atoms with van der Waals surface area (Å²) in [6.45, 7) is 5.79. The van der Waals surface area contributed by atoms with E-state index in [2.05, 4.69) is 9.84 Å². The Kier molecular flexibility index (Phi) is 7.04. The standard InChI is InChI=1S/C23H25F3N4O4/c1-22(2,3)34-21(32)28(4)13-16-5-9-18(10-6-16)29-15-27-30(20(29)31)14-17-7-11-19(12-8-17)33-23(24,25)26/h5-12,15H,13-14H2,1-4H3. The molecule has 0 atom stereocenters. The zero-order valence-corrected chi connectivity index (χ0v) is 19.2. The van der Waals surface area contributed by atoms with Crippen molar-refractivity contribution in [2.45, 2.75) is 45.8 Å². The zero-order chi connectivity index (χ0) is 25.1. The number of rotatable bonds is 6. The van der Waals surface area contributed by atoms with Gasteiger partial charge in [0.05, 0.1) is 12.2 Å². The van der Waals surface area contributed by atoms with Gasteiger partial charge in [-0.3, -0.25) is 0 Å². The lowest BCUT2D eigenvalue weighted by atomic mass is 10.2. The van der Waals surface area contributed by atoms with E-state index in [1.807, 2.05) is 0 Å². The maximum atomic E-state index is 12.7. The molecule has 0 fully saturated rings. The maximum absolute atomic E-state index is 12.7. The fourth-order valence-electron chi connectivity index (χ4n) is 3.03. The smallest absolute Gasteiger partial charge is 0.444 e. The lowest BCUT2D eigenvalue weighted by Crippen LogP contribution is -2.33. The van der Waals surface area contributed by atoms with Crippen LogP contribution in [0.4, 0.5) is 18.0 Å². The molecule has 11 heteroatoms. The molecule has 2 aromatic carbocycles. The number of hydrogen-bond donors (Lipinski definition) is 0. The molecule has 3 aromatic rings. The number of aromatic nitrogens is 3. The summed E-state index contributed by atoms with van der Waals surface area (Å²) in [5.41, 5.74) is 1.01. The van der Waals surface area contributed by atoms with Gasteiger partial charge in [-0.1, -0.05) is 24.3 Å². The molecule has 0 bridgehead atoms. The summed E-state index contributed by atoms with van der Waals surface area (Å²) in [5.74, 6) is -0.341.